The van der Waals surface area contributed by atoms with Gasteiger partial charge >= 0.3 is 0 Å². The molecule has 0 radical (unpaired) electrons. The number of anilines is 1. The molecule has 1 fully saturated rings. The number of aromatic nitrogens is 1. The highest BCUT2D eigenvalue weighted by atomic mass is 15.2. The van der Waals surface area contributed by atoms with Crippen molar-refractivity contribution in [3.63, 3.8) is 0 Å². The van der Waals surface area contributed by atoms with E-state index in [2.05, 4.69) is 35.9 Å². The first kappa shape index (κ1) is 13.3. The third kappa shape index (κ3) is 2.51. The average Bonchev–Trinajstić information content (AvgIpc) is 2.84. The Labute approximate surface area is 110 Å². The molecule has 0 amide bonds. The minimum atomic E-state index is 0.0167. The minimum absolute atomic E-state index is 0.0167. The molecule has 18 heavy (non-hydrogen) atoms. The molecule has 3 heteroatoms. The van der Waals surface area contributed by atoms with Crippen LogP contribution in [0.5, 0.6) is 0 Å². The summed E-state index contributed by atoms with van der Waals surface area (Å²) in [5, 5.41) is 0. The fourth-order valence-electron chi connectivity index (χ4n) is 2.84. The zero-order valence-corrected chi connectivity index (χ0v) is 11.8. The predicted molar refractivity (Wildman–Crippen MR) is 76.7 cm³/mol. The summed E-state index contributed by atoms with van der Waals surface area (Å²) in [4.78, 5) is 6.92. The molecule has 1 aromatic heterocycles. The number of hydrogen-bond acceptors (Lipinski definition) is 3. The lowest BCUT2D eigenvalue weighted by molar-refractivity contribution is 0.301. The summed E-state index contributed by atoms with van der Waals surface area (Å²) in [5.74, 6) is 0. The van der Waals surface area contributed by atoms with Crippen molar-refractivity contribution >= 4 is 5.69 Å². The molecule has 2 N–H and O–H groups in total. The lowest BCUT2D eigenvalue weighted by Gasteiger charge is -2.27. The molecular formula is C15H25N3. The van der Waals surface area contributed by atoms with Gasteiger partial charge in [-0.25, -0.2) is 0 Å². The standard InChI is InChI=1S/C15H25N3/c1-4-15(5-2)8-9-18(11-15)13-6-7-14(12(3)16)17-10-13/h6-7,10,12H,4-5,8-9,11,16H2,1-3H3. The molecule has 1 atom stereocenters. The number of rotatable bonds is 4. The Bertz CT molecular complexity index is 379. The molecule has 0 bridgehead atoms. The Morgan fingerprint density at radius 1 is 1.39 bits per heavy atom. The van der Waals surface area contributed by atoms with Gasteiger partial charge in [0.2, 0.25) is 0 Å². The molecule has 1 aromatic rings. The van der Waals surface area contributed by atoms with Crippen molar-refractivity contribution < 1.29 is 0 Å². The van der Waals surface area contributed by atoms with E-state index in [4.69, 9.17) is 5.73 Å². The zero-order valence-electron chi connectivity index (χ0n) is 11.8. The summed E-state index contributed by atoms with van der Waals surface area (Å²) >= 11 is 0. The van der Waals surface area contributed by atoms with Crippen LogP contribution in [0.4, 0.5) is 5.69 Å². The first-order valence-corrected chi connectivity index (χ1v) is 7.07. The van der Waals surface area contributed by atoms with E-state index in [-0.39, 0.29) is 6.04 Å². The van der Waals surface area contributed by atoms with Gasteiger partial charge in [0.1, 0.15) is 0 Å². The Kier molecular flexibility index (Phi) is 3.91. The minimum Gasteiger partial charge on any atom is -0.370 e. The molecule has 2 rings (SSSR count). The lowest BCUT2D eigenvalue weighted by Crippen LogP contribution is -2.26. The van der Waals surface area contributed by atoms with Gasteiger partial charge < -0.3 is 10.6 Å². The maximum Gasteiger partial charge on any atom is 0.0569 e. The second-order valence-electron chi connectivity index (χ2n) is 5.61. The van der Waals surface area contributed by atoms with E-state index in [0.717, 1.165) is 12.2 Å². The monoisotopic (exact) mass is 247 g/mol. The molecule has 0 aromatic carbocycles. The maximum atomic E-state index is 5.83. The average molecular weight is 247 g/mol. The number of pyridine rings is 1. The van der Waals surface area contributed by atoms with E-state index in [9.17, 15) is 0 Å². The van der Waals surface area contributed by atoms with Crippen LogP contribution in [-0.2, 0) is 0 Å². The molecule has 100 valence electrons. The molecular weight excluding hydrogens is 222 g/mol. The Hall–Kier alpha value is -1.09. The van der Waals surface area contributed by atoms with Crippen molar-refractivity contribution in [2.45, 2.75) is 46.1 Å². The number of nitrogens with zero attached hydrogens (tertiary/aromatic N) is 2. The predicted octanol–water partition coefficient (Wildman–Crippen LogP) is 3.12. The topological polar surface area (TPSA) is 42.1 Å². The van der Waals surface area contributed by atoms with Crippen molar-refractivity contribution in [1.82, 2.24) is 4.98 Å². The fourth-order valence-corrected chi connectivity index (χ4v) is 2.84. The van der Waals surface area contributed by atoms with Crippen molar-refractivity contribution in [3.05, 3.63) is 24.0 Å². The van der Waals surface area contributed by atoms with E-state index < -0.39 is 0 Å². The second-order valence-corrected chi connectivity index (χ2v) is 5.61. The molecule has 0 spiro atoms. The smallest absolute Gasteiger partial charge is 0.0569 e. The van der Waals surface area contributed by atoms with E-state index in [0.29, 0.717) is 5.41 Å². The molecule has 2 heterocycles. The van der Waals surface area contributed by atoms with E-state index in [1.54, 1.807) is 0 Å². The first-order chi connectivity index (χ1) is 8.60. The van der Waals surface area contributed by atoms with Gasteiger partial charge in [-0.3, -0.25) is 4.98 Å². The molecule has 1 unspecified atom stereocenters. The lowest BCUT2D eigenvalue weighted by atomic mass is 9.82. The van der Waals surface area contributed by atoms with Crippen LogP contribution in [0.3, 0.4) is 0 Å². The highest BCUT2D eigenvalue weighted by molar-refractivity contribution is 5.46. The van der Waals surface area contributed by atoms with Gasteiger partial charge in [0, 0.05) is 19.1 Å². The normalized spacial score (nSPS) is 20.1. The van der Waals surface area contributed by atoms with Crippen LogP contribution < -0.4 is 10.6 Å². The van der Waals surface area contributed by atoms with Crippen molar-refractivity contribution in [2.75, 3.05) is 18.0 Å². The third-order valence-electron chi connectivity index (χ3n) is 4.54. The second kappa shape index (κ2) is 5.27. The summed E-state index contributed by atoms with van der Waals surface area (Å²) in [5.41, 5.74) is 8.55. The molecule has 1 saturated heterocycles. The van der Waals surface area contributed by atoms with Crippen LogP contribution >= 0.6 is 0 Å². The van der Waals surface area contributed by atoms with Gasteiger partial charge in [-0.2, -0.15) is 0 Å². The molecule has 3 nitrogen and oxygen atoms in total. The Morgan fingerprint density at radius 2 is 2.11 bits per heavy atom. The summed E-state index contributed by atoms with van der Waals surface area (Å²) in [6, 6.07) is 4.23. The highest BCUT2D eigenvalue weighted by Gasteiger charge is 2.34. The summed E-state index contributed by atoms with van der Waals surface area (Å²) in [6.45, 7) is 8.91. The van der Waals surface area contributed by atoms with Crippen molar-refractivity contribution in [2.24, 2.45) is 11.1 Å². The largest absolute Gasteiger partial charge is 0.370 e. The van der Waals surface area contributed by atoms with Crippen LogP contribution in [0.15, 0.2) is 18.3 Å². The van der Waals surface area contributed by atoms with Crippen LogP contribution in [0.1, 0.15) is 51.8 Å². The van der Waals surface area contributed by atoms with Crippen molar-refractivity contribution in [3.8, 4) is 0 Å². The van der Waals surface area contributed by atoms with Crippen LogP contribution in [0, 0.1) is 5.41 Å². The summed E-state index contributed by atoms with van der Waals surface area (Å²) < 4.78 is 0. The van der Waals surface area contributed by atoms with Gasteiger partial charge in [0.15, 0.2) is 0 Å². The van der Waals surface area contributed by atoms with E-state index in [1.165, 1.54) is 31.5 Å². The van der Waals surface area contributed by atoms with Gasteiger partial charge in [-0.1, -0.05) is 13.8 Å². The van der Waals surface area contributed by atoms with Crippen LogP contribution in [0.25, 0.3) is 0 Å². The fraction of sp³-hybridized carbons (Fsp3) is 0.667. The van der Waals surface area contributed by atoms with Crippen molar-refractivity contribution in [1.29, 1.82) is 0 Å². The molecule has 0 saturated carbocycles. The molecule has 1 aliphatic heterocycles. The zero-order chi connectivity index (χ0) is 13.2. The summed E-state index contributed by atoms with van der Waals surface area (Å²) in [6.07, 6.45) is 5.81. The molecule has 1 aliphatic rings. The van der Waals surface area contributed by atoms with Crippen LogP contribution in [0.2, 0.25) is 0 Å². The van der Waals surface area contributed by atoms with Crippen LogP contribution in [-0.4, -0.2) is 18.1 Å². The SMILES string of the molecule is CCC1(CC)CCN(c2ccc(C(C)N)nc2)C1. The summed E-state index contributed by atoms with van der Waals surface area (Å²) in [7, 11) is 0. The Morgan fingerprint density at radius 3 is 2.56 bits per heavy atom. The van der Waals surface area contributed by atoms with Gasteiger partial charge in [0.25, 0.3) is 0 Å². The number of nitrogens with two attached hydrogens (primary N) is 1. The highest BCUT2D eigenvalue weighted by Crippen LogP contribution is 2.38. The van der Waals surface area contributed by atoms with Gasteiger partial charge in [-0.05, 0) is 43.7 Å². The first-order valence-electron chi connectivity index (χ1n) is 7.07. The maximum absolute atomic E-state index is 5.83. The van der Waals surface area contributed by atoms with Gasteiger partial charge in [-0.15, -0.1) is 0 Å². The third-order valence-corrected chi connectivity index (χ3v) is 4.54. The van der Waals surface area contributed by atoms with Gasteiger partial charge in [0.05, 0.1) is 17.6 Å². The quantitative estimate of drug-likeness (QED) is 0.889. The molecule has 0 aliphatic carbocycles. The number of hydrogen-bond donors (Lipinski definition) is 1. The Balaban J connectivity index is 2.09. The van der Waals surface area contributed by atoms with E-state index >= 15 is 0 Å². The van der Waals surface area contributed by atoms with E-state index in [1.807, 2.05) is 13.1 Å².